The van der Waals surface area contributed by atoms with Crippen LogP contribution in [0.3, 0.4) is 0 Å². The molecule has 118 valence electrons. The van der Waals surface area contributed by atoms with Crippen molar-refractivity contribution in [3.05, 3.63) is 35.4 Å². The van der Waals surface area contributed by atoms with Crippen LogP contribution < -0.4 is 5.32 Å². The lowest BCUT2D eigenvalue weighted by atomic mass is 9.86. The van der Waals surface area contributed by atoms with Crippen LogP contribution in [0.2, 0.25) is 0 Å². The largest absolute Gasteiger partial charge is 0.316 e. The summed E-state index contributed by atoms with van der Waals surface area (Å²) in [7, 11) is 0. The summed E-state index contributed by atoms with van der Waals surface area (Å²) >= 11 is 0. The highest BCUT2D eigenvalue weighted by molar-refractivity contribution is 5.27. The smallest absolute Gasteiger partial charge is 0.0107 e. The first-order valence-electron chi connectivity index (χ1n) is 8.44. The molecule has 1 saturated heterocycles. The van der Waals surface area contributed by atoms with E-state index < -0.39 is 0 Å². The van der Waals surface area contributed by atoms with E-state index in [1.165, 1.54) is 30.8 Å². The zero-order chi connectivity index (χ0) is 15.5. The standard InChI is InChI=1S/C19H32N2/c1-6-21(14-17-12-20-13-17)15(2)11-16-7-9-18(10-8-16)19(3,4)5/h7-10,15,17,20H,6,11-14H2,1-5H3. The number of rotatable bonds is 6. The third-order valence-electron chi connectivity index (χ3n) is 4.74. The van der Waals surface area contributed by atoms with Gasteiger partial charge in [0.2, 0.25) is 0 Å². The number of nitrogens with one attached hydrogen (secondary N) is 1. The van der Waals surface area contributed by atoms with Crippen LogP contribution in [0.5, 0.6) is 0 Å². The second-order valence-electron chi connectivity index (χ2n) is 7.61. The summed E-state index contributed by atoms with van der Waals surface area (Å²) in [4.78, 5) is 2.63. The lowest BCUT2D eigenvalue weighted by Crippen LogP contribution is -2.50. The summed E-state index contributed by atoms with van der Waals surface area (Å²) in [6, 6.07) is 9.85. The molecule has 1 aromatic carbocycles. The number of benzene rings is 1. The minimum Gasteiger partial charge on any atom is -0.316 e. The Labute approximate surface area is 130 Å². The van der Waals surface area contributed by atoms with Gasteiger partial charge in [-0.2, -0.15) is 0 Å². The Kier molecular flexibility index (Phi) is 5.45. The molecule has 0 aromatic heterocycles. The van der Waals surface area contributed by atoms with E-state index in [0.717, 1.165) is 18.9 Å². The number of hydrogen-bond acceptors (Lipinski definition) is 2. The molecule has 2 heteroatoms. The van der Waals surface area contributed by atoms with Crippen molar-refractivity contribution >= 4 is 0 Å². The van der Waals surface area contributed by atoms with Gasteiger partial charge in [0.1, 0.15) is 0 Å². The lowest BCUT2D eigenvalue weighted by Gasteiger charge is -2.36. The maximum absolute atomic E-state index is 3.37. The molecule has 2 nitrogen and oxygen atoms in total. The third-order valence-corrected chi connectivity index (χ3v) is 4.74. The van der Waals surface area contributed by atoms with E-state index in [9.17, 15) is 0 Å². The molecule has 2 rings (SSSR count). The van der Waals surface area contributed by atoms with Crippen molar-refractivity contribution in [2.75, 3.05) is 26.2 Å². The van der Waals surface area contributed by atoms with E-state index in [1.54, 1.807) is 0 Å². The summed E-state index contributed by atoms with van der Waals surface area (Å²) in [6.45, 7) is 16.3. The summed E-state index contributed by atoms with van der Waals surface area (Å²) in [5, 5.41) is 3.37. The molecule has 1 fully saturated rings. The Morgan fingerprint density at radius 2 is 1.81 bits per heavy atom. The van der Waals surface area contributed by atoms with Gasteiger partial charge in [0, 0.05) is 25.7 Å². The highest BCUT2D eigenvalue weighted by atomic mass is 15.2. The van der Waals surface area contributed by atoms with E-state index in [1.807, 2.05) is 0 Å². The van der Waals surface area contributed by atoms with Gasteiger partial charge in [-0.25, -0.2) is 0 Å². The quantitative estimate of drug-likeness (QED) is 0.862. The number of nitrogens with zero attached hydrogens (tertiary/aromatic N) is 1. The summed E-state index contributed by atoms with van der Waals surface area (Å²) in [5.74, 6) is 0.857. The summed E-state index contributed by atoms with van der Waals surface area (Å²) < 4.78 is 0. The van der Waals surface area contributed by atoms with Crippen molar-refractivity contribution in [3.8, 4) is 0 Å². The highest BCUT2D eigenvalue weighted by Crippen LogP contribution is 2.23. The molecule has 1 N–H and O–H groups in total. The average Bonchev–Trinajstić information content (AvgIpc) is 2.37. The predicted molar refractivity (Wildman–Crippen MR) is 91.9 cm³/mol. The van der Waals surface area contributed by atoms with Crippen LogP contribution in [0.25, 0.3) is 0 Å². The average molecular weight is 288 g/mol. The van der Waals surface area contributed by atoms with Gasteiger partial charge in [0.25, 0.3) is 0 Å². The SMILES string of the molecule is CCN(CC1CNC1)C(C)Cc1ccc(C(C)(C)C)cc1. The molecule has 0 saturated carbocycles. The molecule has 0 spiro atoms. The van der Waals surface area contributed by atoms with Crippen LogP contribution in [-0.4, -0.2) is 37.1 Å². The Morgan fingerprint density at radius 1 is 1.19 bits per heavy atom. The van der Waals surface area contributed by atoms with Crippen LogP contribution >= 0.6 is 0 Å². The molecule has 1 aliphatic rings. The molecule has 0 amide bonds. The second kappa shape index (κ2) is 6.93. The van der Waals surface area contributed by atoms with Gasteiger partial charge in [-0.1, -0.05) is 52.0 Å². The fraction of sp³-hybridized carbons (Fsp3) is 0.684. The zero-order valence-corrected chi connectivity index (χ0v) is 14.4. The third kappa shape index (κ3) is 4.55. The van der Waals surface area contributed by atoms with Crippen molar-refractivity contribution in [2.45, 2.75) is 52.5 Å². The molecule has 1 atom stereocenters. The van der Waals surface area contributed by atoms with Crippen molar-refractivity contribution in [1.29, 1.82) is 0 Å². The van der Waals surface area contributed by atoms with Crippen LogP contribution in [0.15, 0.2) is 24.3 Å². The van der Waals surface area contributed by atoms with Gasteiger partial charge in [-0.15, -0.1) is 0 Å². The molecular weight excluding hydrogens is 256 g/mol. The number of likely N-dealkylation sites (N-methyl/N-ethyl adjacent to an activating group) is 1. The maximum atomic E-state index is 3.37. The van der Waals surface area contributed by atoms with Gasteiger partial charge < -0.3 is 10.2 Å². The maximum Gasteiger partial charge on any atom is 0.0107 e. The molecule has 1 aromatic rings. The van der Waals surface area contributed by atoms with Crippen molar-refractivity contribution in [1.82, 2.24) is 10.2 Å². The van der Waals surface area contributed by atoms with E-state index in [0.29, 0.717) is 6.04 Å². The first-order valence-corrected chi connectivity index (χ1v) is 8.44. The second-order valence-corrected chi connectivity index (χ2v) is 7.61. The molecule has 21 heavy (non-hydrogen) atoms. The first-order chi connectivity index (χ1) is 9.90. The van der Waals surface area contributed by atoms with Crippen LogP contribution in [0.1, 0.15) is 45.7 Å². The Morgan fingerprint density at radius 3 is 2.24 bits per heavy atom. The Balaban J connectivity index is 1.92. The van der Waals surface area contributed by atoms with E-state index in [2.05, 4.69) is 69.1 Å². The molecule has 1 heterocycles. The predicted octanol–water partition coefficient (Wildman–Crippen LogP) is 3.46. The van der Waals surface area contributed by atoms with E-state index >= 15 is 0 Å². The van der Waals surface area contributed by atoms with Crippen LogP contribution in [0, 0.1) is 5.92 Å². The van der Waals surface area contributed by atoms with E-state index in [-0.39, 0.29) is 5.41 Å². The van der Waals surface area contributed by atoms with E-state index in [4.69, 9.17) is 0 Å². The number of hydrogen-bond donors (Lipinski definition) is 1. The van der Waals surface area contributed by atoms with Gasteiger partial charge in [-0.05, 0) is 42.3 Å². The van der Waals surface area contributed by atoms with Gasteiger partial charge in [-0.3, -0.25) is 0 Å². The van der Waals surface area contributed by atoms with Crippen molar-refractivity contribution < 1.29 is 0 Å². The molecular formula is C19H32N2. The topological polar surface area (TPSA) is 15.3 Å². The molecule has 0 aliphatic carbocycles. The minimum atomic E-state index is 0.247. The van der Waals surface area contributed by atoms with Crippen molar-refractivity contribution in [3.63, 3.8) is 0 Å². The summed E-state index contributed by atoms with van der Waals surface area (Å²) in [5.41, 5.74) is 3.13. The summed E-state index contributed by atoms with van der Waals surface area (Å²) in [6.07, 6.45) is 1.15. The van der Waals surface area contributed by atoms with Crippen LogP contribution in [-0.2, 0) is 11.8 Å². The van der Waals surface area contributed by atoms with Gasteiger partial charge in [0.05, 0.1) is 0 Å². The fourth-order valence-electron chi connectivity index (χ4n) is 3.04. The monoisotopic (exact) mass is 288 g/mol. The Hall–Kier alpha value is -0.860. The highest BCUT2D eigenvalue weighted by Gasteiger charge is 2.22. The van der Waals surface area contributed by atoms with Gasteiger partial charge >= 0.3 is 0 Å². The molecule has 0 bridgehead atoms. The molecule has 0 radical (unpaired) electrons. The van der Waals surface area contributed by atoms with Crippen LogP contribution in [0.4, 0.5) is 0 Å². The molecule has 1 unspecified atom stereocenters. The minimum absolute atomic E-state index is 0.247. The van der Waals surface area contributed by atoms with Gasteiger partial charge in [0.15, 0.2) is 0 Å². The first kappa shape index (κ1) is 16.5. The zero-order valence-electron chi connectivity index (χ0n) is 14.4. The normalized spacial score (nSPS) is 17.8. The van der Waals surface area contributed by atoms with Crippen molar-refractivity contribution in [2.24, 2.45) is 5.92 Å². The Bertz CT molecular complexity index is 426. The fourth-order valence-corrected chi connectivity index (χ4v) is 3.04. The lowest BCUT2D eigenvalue weighted by molar-refractivity contribution is 0.157. The molecule has 1 aliphatic heterocycles.